The van der Waals surface area contributed by atoms with Crippen LogP contribution in [0, 0.1) is 5.41 Å². The highest BCUT2D eigenvalue weighted by Crippen LogP contribution is 2.28. The van der Waals surface area contributed by atoms with Crippen LogP contribution in [0.4, 0.5) is 0 Å². The number of halogens is 1. The monoisotopic (exact) mass is 383 g/mol. The Labute approximate surface area is 144 Å². The third kappa shape index (κ3) is 4.31. The zero-order chi connectivity index (χ0) is 17.0. The molecule has 0 bridgehead atoms. The van der Waals surface area contributed by atoms with Crippen LogP contribution in [0.25, 0.3) is 0 Å². The van der Waals surface area contributed by atoms with Crippen molar-refractivity contribution in [1.82, 2.24) is 16.2 Å². The second kappa shape index (κ2) is 7.42. The number of aliphatic carboxylic acids is 1. The first-order valence-corrected chi connectivity index (χ1v) is 8.45. The van der Waals surface area contributed by atoms with Gasteiger partial charge in [-0.2, -0.15) is 0 Å². The Balaban J connectivity index is 1.88. The minimum atomic E-state index is -0.866. The first kappa shape index (κ1) is 17.9. The van der Waals surface area contributed by atoms with Crippen LogP contribution >= 0.6 is 15.9 Å². The van der Waals surface area contributed by atoms with Gasteiger partial charge in [-0.3, -0.25) is 9.59 Å². The third-order valence-electron chi connectivity index (χ3n) is 4.10. The topological polar surface area (TPSA) is 90.5 Å². The summed E-state index contributed by atoms with van der Waals surface area (Å²) in [7, 11) is 0. The molecule has 3 atom stereocenters. The van der Waals surface area contributed by atoms with E-state index in [-0.39, 0.29) is 16.8 Å². The maximum Gasteiger partial charge on any atom is 0.309 e. The molecule has 1 saturated heterocycles. The van der Waals surface area contributed by atoms with E-state index in [0.717, 1.165) is 5.56 Å². The van der Waals surface area contributed by atoms with E-state index in [1.807, 2.05) is 30.3 Å². The van der Waals surface area contributed by atoms with Gasteiger partial charge in [0, 0.05) is 6.54 Å². The molecule has 1 aromatic rings. The van der Waals surface area contributed by atoms with Crippen LogP contribution in [0.3, 0.4) is 0 Å². The van der Waals surface area contributed by atoms with E-state index < -0.39 is 17.4 Å². The maximum atomic E-state index is 12.3. The molecule has 0 saturated carbocycles. The Kier molecular flexibility index (Phi) is 5.78. The first-order chi connectivity index (χ1) is 10.8. The van der Waals surface area contributed by atoms with Crippen molar-refractivity contribution >= 4 is 27.8 Å². The molecular weight excluding hydrogens is 362 g/mol. The molecule has 0 radical (unpaired) electrons. The number of carboxylic acid groups (broad SMARTS) is 1. The number of benzene rings is 1. The Bertz CT molecular complexity index is 565. The average molecular weight is 384 g/mol. The Hall–Kier alpha value is -1.44. The summed E-state index contributed by atoms with van der Waals surface area (Å²) in [4.78, 5) is 23.3. The Morgan fingerprint density at radius 2 is 1.91 bits per heavy atom. The summed E-state index contributed by atoms with van der Waals surface area (Å²) in [6.07, 6.45) is 0.378. The maximum absolute atomic E-state index is 12.3. The van der Waals surface area contributed by atoms with Gasteiger partial charge in [0.25, 0.3) is 0 Å². The van der Waals surface area contributed by atoms with Crippen molar-refractivity contribution in [2.75, 3.05) is 6.54 Å². The molecule has 6 nitrogen and oxygen atoms in total. The molecular formula is C16H22BrN3O3. The van der Waals surface area contributed by atoms with Gasteiger partial charge in [-0.05, 0) is 25.8 Å². The van der Waals surface area contributed by atoms with E-state index in [2.05, 4.69) is 32.1 Å². The highest BCUT2D eigenvalue weighted by atomic mass is 79.9. The minimum Gasteiger partial charge on any atom is -0.481 e. The standard InChI is InChI=1S/C16H22BrN3O3/c1-16(2,15(22)23)8-9-18-14(21)13-11(17)12(19-20-13)10-6-4-3-5-7-10/h3-7,11-13,19-20H,8-9H2,1-2H3,(H,18,21)(H,22,23). The first-order valence-electron chi connectivity index (χ1n) is 7.54. The molecule has 4 N–H and O–H groups in total. The fourth-order valence-electron chi connectivity index (χ4n) is 2.38. The summed E-state index contributed by atoms with van der Waals surface area (Å²) in [6.45, 7) is 3.62. The molecule has 0 aromatic heterocycles. The second-order valence-corrected chi connectivity index (χ2v) is 7.39. The molecule has 0 spiro atoms. The van der Waals surface area contributed by atoms with E-state index in [9.17, 15) is 9.59 Å². The zero-order valence-electron chi connectivity index (χ0n) is 13.2. The van der Waals surface area contributed by atoms with Crippen molar-refractivity contribution in [1.29, 1.82) is 0 Å². The van der Waals surface area contributed by atoms with Gasteiger partial charge in [0.05, 0.1) is 16.3 Å². The van der Waals surface area contributed by atoms with Crippen LogP contribution in [0.1, 0.15) is 31.9 Å². The van der Waals surface area contributed by atoms with Crippen molar-refractivity contribution < 1.29 is 14.7 Å². The second-order valence-electron chi connectivity index (χ2n) is 6.33. The van der Waals surface area contributed by atoms with Gasteiger partial charge in [0.1, 0.15) is 6.04 Å². The lowest BCUT2D eigenvalue weighted by Gasteiger charge is -2.20. The summed E-state index contributed by atoms with van der Waals surface area (Å²) in [6, 6.07) is 9.43. The fourth-order valence-corrected chi connectivity index (χ4v) is 3.19. The van der Waals surface area contributed by atoms with Crippen molar-refractivity contribution in [3.63, 3.8) is 0 Å². The van der Waals surface area contributed by atoms with Crippen molar-refractivity contribution in [2.45, 2.75) is 37.2 Å². The molecule has 1 fully saturated rings. The molecule has 1 aromatic carbocycles. The number of carboxylic acids is 1. The number of alkyl halides is 1. The number of carbonyl (C=O) groups excluding carboxylic acids is 1. The molecule has 1 aliphatic heterocycles. The van der Waals surface area contributed by atoms with Crippen LogP contribution < -0.4 is 16.2 Å². The normalized spacial score (nSPS) is 24.4. The molecule has 1 heterocycles. The number of hydrazine groups is 1. The van der Waals surface area contributed by atoms with Gasteiger partial charge in [-0.1, -0.05) is 46.3 Å². The zero-order valence-corrected chi connectivity index (χ0v) is 14.8. The minimum absolute atomic E-state index is 0.0117. The largest absolute Gasteiger partial charge is 0.481 e. The summed E-state index contributed by atoms with van der Waals surface area (Å²) < 4.78 is 0. The van der Waals surface area contributed by atoms with Gasteiger partial charge >= 0.3 is 5.97 Å². The molecule has 0 aliphatic carbocycles. The summed E-state index contributed by atoms with van der Waals surface area (Å²) in [5.74, 6) is -1.02. The quantitative estimate of drug-likeness (QED) is 0.560. The average Bonchev–Trinajstić information content (AvgIpc) is 2.89. The van der Waals surface area contributed by atoms with E-state index in [1.165, 1.54) is 0 Å². The third-order valence-corrected chi connectivity index (χ3v) is 5.16. The lowest BCUT2D eigenvalue weighted by atomic mass is 9.89. The SMILES string of the molecule is CC(C)(CCNC(=O)C1NNC(c2ccccc2)C1Br)C(=O)O. The lowest BCUT2D eigenvalue weighted by Crippen LogP contribution is -2.46. The van der Waals surface area contributed by atoms with Crippen LogP contribution in [0.5, 0.6) is 0 Å². The summed E-state index contributed by atoms with van der Waals surface area (Å²) in [5.41, 5.74) is 6.36. The lowest BCUT2D eigenvalue weighted by molar-refractivity contribution is -0.147. The number of hydrogen-bond acceptors (Lipinski definition) is 4. The number of hydrogen-bond donors (Lipinski definition) is 4. The molecule has 1 aliphatic rings. The predicted octanol–water partition coefficient (Wildman–Crippen LogP) is 1.58. The fraction of sp³-hybridized carbons (Fsp3) is 0.500. The van der Waals surface area contributed by atoms with E-state index in [4.69, 9.17) is 5.11 Å². The van der Waals surface area contributed by atoms with Gasteiger partial charge < -0.3 is 10.4 Å². The van der Waals surface area contributed by atoms with Crippen LogP contribution in [-0.4, -0.2) is 34.4 Å². The molecule has 2 rings (SSSR count). The summed E-state index contributed by atoms with van der Waals surface area (Å²) in [5, 5.41) is 11.9. The number of rotatable bonds is 6. The van der Waals surface area contributed by atoms with Gasteiger partial charge in [-0.25, -0.2) is 10.9 Å². The van der Waals surface area contributed by atoms with E-state index in [1.54, 1.807) is 13.8 Å². The Morgan fingerprint density at radius 1 is 1.26 bits per heavy atom. The number of carbonyl (C=O) groups is 2. The van der Waals surface area contributed by atoms with Crippen LogP contribution in [0.15, 0.2) is 30.3 Å². The van der Waals surface area contributed by atoms with Gasteiger partial charge in [-0.15, -0.1) is 0 Å². The highest BCUT2D eigenvalue weighted by Gasteiger charge is 2.39. The molecule has 7 heteroatoms. The molecule has 23 heavy (non-hydrogen) atoms. The molecule has 3 unspecified atom stereocenters. The van der Waals surface area contributed by atoms with E-state index in [0.29, 0.717) is 13.0 Å². The van der Waals surface area contributed by atoms with Gasteiger partial charge in [0.2, 0.25) is 5.91 Å². The predicted molar refractivity (Wildman–Crippen MR) is 91.0 cm³/mol. The van der Waals surface area contributed by atoms with Crippen LogP contribution in [0.2, 0.25) is 0 Å². The smallest absolute Gasteiger partial charge is 0.309 e. The van der Waals surface area contributed by atoms with Crippen molar-refractivity contribution in [3.05, 3.63) is 35.9 Å². The molecule has 126 valence electrons. The van der Waals surface area contributed by atoms with E-state index >= 15 is 0 Å². The molecule has 1 amide bonds. The van der Waals surface area contributed by atoms with Crippen molar-refractivity contribution in [2.24, 2.45) is 5.41 Å². The highest BCUT2D eigenvalue weighted by molar-refractivity contribution is 9.09. The number of nitrogens with one attached hydrogen (secondary N) is 3. The van der Waals surface area contributed by atoms with Crippen molar-refractivity contribution in [3.8, 4) is 0 Å². The Morgan fingerprint density at radius 3 is 2.52 bits per heavy atom. The summed E-state index contributed by atoms with van der Waals surface area (Å²) >= 11 is 3.58. The van der Waals surface area contributed by atoms with Gasteiger partial charge in [0.15, 0.2) is 0 Å². The van der Waals surface area contributed by atoms with Crippen LogP contribution in [-0.2, 0) is 9.59 Å². The number of amides is 1.